The molecular formula is C21H22N2O2. The van der Waals surface area contributed by atoms with Crippen LogP contribution in [0.2, 0.25) is 0 Å². The third-order valence-electron chi connectivity index (χ3n) is 5.16. The maximum atomic E-state index is 13.0. The van der Waals surface area contributed by atoms with E-state index in [4.69, 9.17) is 0 Å². The topological polar surface area (TPSA) is 51.1 Å². The fraction of sp³-hybridized carbons (Fsp3) is 0.333. The number of carbonyl (C=O) groups excluding carboxylic acids is 1. The molecule has 1 heterocycles. The lowest BCUT2D eigenvalue weighted by Crippen LogP contribution is -2.39. The van der Waals surface area contributed by atoms with Gasteiger partial charge in [-0.3, -0.25) is 14.2 Å². The van der Waals surface area contributed by atoms with E-state index in [9.17, 15) is 9.59 Å². The summed E-state index contributed by atoms with van der Waals surface area (Å²) in [5.41, 5.74) is 0.707. The van der Waals surface area contributed by atoms with Crippen molar-refractivity contribution in [2.24, 2.45) is 0 Å². The highest BCUT2D eigenvalue weighted by Gasteiger charge is 2.17. The van der Waals surface area contributed by atoms with Crippen molar-refractivity contribution in [3.8, 4) is 0 Å². The largest absolute Gasteiger partial charge is 0.352 e. The van der Waals surface area contributed by atoms with E-state index < -0.39 is 0 Å². The second-order valence-electron chi connectivity index (χ2n) is 6.86. The van der Waals surface area contributed by atoms with Gasteiger partial charge in [-0.1, -0.05) is 55.7 Å². The molecule has 128 valence electrons. The van der Waals surface area contributed by atoms with Crippen molar-refractivity contribution < 1.29 is 4.79 Å². The fourth-order valence-electron chi connectivity index (χ4n) is 3.92. The zero-order chi connectivity index (χ0) is 17.2. The summed E-state index contributed by atoms with van der Waals surface area (Å²) in [7, 11) is 0. The van der Waals surface area contributed by atoms with Gasteiger partial charge in [-0.05, 0) is 30.4 Å². The van der Waals surface area contributed by atoms with Crippen LogP contribution in [0.25, 0.3) is 21.7 Å². The number of rotatable bonds is 3. The number of hydrogen-bond donors (Lipinski definition) is 1. The highest BCUT2D eigenvalue weighted by Crippen LogP contribution is 2.22. The second kappa shape index (κ2) is 6.71. The van der Waals surface area contributed by atoms with Crippen LogP contribution < -0.4 is 10.9 Å². The molecular weight excluding hydrogens is 312 g/mol. The summed E-state index contributed by atoms with van der Waals surface area (Å²) in [6, 6.07) is 15.6. The van der Waals surface area contributed by atoms with Crippen LogP contribution in [0.5, 0.6) is 0 Å². The third kappa shape index (κ3) is 3.04. The Morgan fingerprint density at radius 3 is 2.32 bits per heavy atom. The number of aromatic nitrogens is 1. The van der Waals surface area contributed by atoms with Gasteiger partial charge in [0.2, 0.25) is 5.91 Å². The van der Waals surface area contributed by atoms with Crippen LogP contribution in [-0.2, 0) is 11.3 Å². The lowest BCUT2D eigenvalue weighted by atomic mass is 9.95. The van der Waals surface area contributed by atoms with Gasteiger partial charge < -0.3 is 5.32 Å². The normalized spacial score (nSPS) is 15.5. The van der Waals surface area contributed by atoms with Gasteiger partial charge in [-0.25, -0.2) is 0 Å². The van der Waals surface area contributed by atoms with E-state index in [-0.39, 0.29) is 24.1 Å². The summed E-state index contributed by atoms with van der Waals surface area (Å²) in [5, 5.41) is 5.71. The summed E-state index contributed by atoms with van der Waals surface area (Å²) in [4.78, 5) is 25.5. The van der Waals surface area contributed by atoms with Crippen LogP contribution in [0.4, 0.5) is 0 Å². The summed E-state index contributed by atoms with van der Waals surface area (Å²) >= 11 is 0. The standard InChI is InChI=1S/C21H22N2O2/c24-20(22-15-8-2-1-3-9-15)14-23-19-13-7-6-11-17(19)16-10-4-5-12-18(16)21(23)25/h4-7,10-13,15H,1-3,8-9,14H2,(H,22,24). The highest BCUT2D eigenvalue weighted by atomic mass is 16.2. The van der Waals surface area contributed by atoms with E-state index in [1.807, 2.05) is 48.5 Å². The molecule has 1 N–H and O–H groups in total. The molecule has 1 amide bonds. The summed E-state index contributed by atoms with van der Waals surface area (Å²) < 4.78 is 1.61. The van der Waals surface area contributed by atoms with Crippen molar-refractivity contribution in [3.05, 3.63) is 58.9 Å². The van der Waals surface area contributed by atoms with Gasteiger partial charge in [0, 0.05) is 16.8 Å². The summed E-state index contributed by atoms with van der Waals surface area (Å²) in [6.07, 6.45) is 5.67. The number of para-hydroxylation sites is 1. The van der Waals surface area contributed by atoms with Crippen molar-refractivity contribution >= 4 is 27.6 Å². The van der Waals surface area contributed by atoms with Gasteiger partial charge in [0.05, 0.1) is 5.52 Å². The summed E-state index contributed by atoms with van der Waals surface area (Å²) in [6.45, 7) is 0.0701. The number of hydrogen-bond acceptors (Lipinski definition) is 2. The average molecular weight is 334 g/mol. The molecule has 4 heteroatoms. The molecule has 4 nitrogen and oxygen atoms in total. The van der Waals surface area contributed by atoms with Gasteiger partial charge in [0.15, 0.2) is 0 Å². The molecule has 25 heavy (non-hydrogen) atoms. The number of amides is 1. The van der Waals surface area contributed by atoms with E-state index >= 15 is 0 Å². The van der Waals surface area contributed by atoms with Gasteiger partial charge in [0.1, 0.15) is 6.54 Å². The predicted octanol–water partition coefficient (Wildman–Crippen LogP) is 3.60. The first-order valence-electron chi connectivity index (χ1n) is 9.04. The van der Waals surface area contributed by atoms with Crippen LogP contribution >= 0.6 is 0 Å². The first-order valence-corrected chi connectivity index (χ1v) is 9.04. The van der Waals surface area contributed by atoms with Gasteiger partial charge >= 0.3 is 0 Å². The number of fused-ring (bicyclic) bond motifs is 3. The molecule has 0 radical (unpaired) electrons. The Labute approximate surface area is 146 Å². The van der Waals surface area contributed by atoms with Gasteiger partial charge in [0.25, 0.3) is 5.56 Å². The third-order valence-corrected chi connectivity index (χ3v) is 5.16. The molecule has 3 aromatic rings. The molecule has 0 bridgehead atoms. The smallest absolute Gasteiger partial charge is 0.259 e. The first kappa shape index (κ1) is 15.9. The van der Waals surface area contributed by atoms with Crippen LogP contribution in [0.1, 0.15) is 32.1 Å². The lowest BCUT2D eigenvalue weighted by molar-refractivity contribution is -0.122. The van der Waals surface area contributed by atoms with E-state index in [1.165, 1.54) is 19.3 Å². The molecule has 0 atom stereocenters. The molecule has 1 saturated carbocycles. The monoisotopic (exact) mass is 334 g/mol. The molecule has 0 aliphatic heterocycles. The number of benzene rings is 2. The van der Waals surface area contributed by atoms with Crippen LogP contribution in [-0.4, -0.2) is 16.5 Å². The second-order valence-corrected chi connectivity index (χ2v) is 6.86. The van der Waals surface area contributed by atoms with E-state index in [0.29, 0.717) is 5.39 Å². The minimum atomic E-state index is -0.104. The van der Waals surface area contributed by atoms with Crippen LogP contribution in [0, 0.1) is 0 Å². The zero-order valence-corrected chi connectivity index (χ0v) is 14.2. The Morgan fingerprint density at radius 2 is 1.56 bits per heavy atom. The molecule has 4 rings (SSSR count). The molecule has 0 unspecified atom stereocenters. The van der Waals surface area contributed by atoms with Crippen molar-refractivity contribution in [1.29, 1.82) is 0 Å². The first-order chi connectivity index (χ1) is 12.2. The average Bonchev–Trinajstić information content (AvgIpc) is 2.66. The fourth-order valence-corrected chi connectivity index (χ4v) is 3.92. The molecule has 1 aliphatic rings. The van der Waals surface area contributed by atoms with Crippen molar-refractivity contribution in [2.75, 3.05) is 0 Å². The van der Waals surface area contributed by atoms with Gasteiger partial charge in [-0.15, -0.1) is 0 Å². The lowest BCUT2D eigenvalue weighted by Gasteiger charge is -2.23. The molecule has 0 spiro atoms. The molecule has 1 aliphatic carbocycles. The number of nitrogens with zero attached hydrogens (tertiary/aromatic N) is 1. The molecule has 1 fully saturated rings. The van der Waals surface area contributed by atoms with Crippen molar-refractivity contribution in [1.82, 2.24) is 9.88 Å². The Balaban J connectivity index is 1.74. The Kier molecular flexibility index (Phi) is 4.26. The minimum absolute atomic E-state index is 0.0701. The number of carbonyl (C=O) groups is 1. The van der Waals surface area contributed by atoms with Crippen LogP contribution in [0.3, 0.4) is 0 Å². The summed E-state index contributed by atoms with van der Waals surface area (Å²) in [5.74, 6) is -0.0746. The van der Waals surface area contributed by atoms with E-state index in [0.717, 1.165) is 29.1 Å². The Hall–Kier alpha value is -2.62. The predicted molar refractivity (Wildman–Crippen MR) is 101 cm³/mol. The highest BCUT2D eigenvalue weighted by molar-refractivity contribution is 6.05. The molecule has 0 saturated heterocycles. The van der Waals surface area contributed by atoms with E-state index in [1.54, 1.807) is 4.57 Å². The maximum Gasteiger partial charge on any atom is 0.259 e. The number of nitrogens with one attached hydrogen (secondary N) is 1. The van der Waals surface area contributed by atoms with Crippen molar-refractivity contribution in [2.45, 2.75) is 44.7 Å². The Morgan fingerprint density at radius 1 is 0.920 bits per heavy atom. The zero-order valence-electron chi connectivity index (χ0n) is 14.2. The quantitative estimate of drug-likeness (QED) is 0.744. The van der Waals surface area contributed by atoms with Crippen molar-refractivity contribution in [3.63, 3.8) is 0 Å². The number of pyridine rings is 1. The molecule has 1 aromatic heterocycles. The minimum Gasteiger partial charge on any atom is -0.352 e. The molecule has 2 aromatic carbocycles. The SMILES string of the molecule is O=C(Cn1c(=O)c2ccccc2c2ccccc21)NC1CCCCC1. The maximum absolute atomic E-state index is 13.0. The Bertz CT molecular complexity index is 984. The van der Waals surface area contributed by atoms with E-state index in [2.05, 4.69) is 5.32 Å². The van der Waals surface area contributed by atoms with Gasteiger partial charge in [-0.2, -0.15) is 0 Å². The van der Waals surface area contributed by atoms with Crippen LogP contribution in [0.15, 0.2) is 53.3 Å².